The van der Waals surface area contributed by atoms with E-state index in [2.05, 4.69) is 10.4 Å². The third-order valence-electron chi connectivity index (χ3n) is 2.39. The number of aromatic nitrogens is 2. The van der Waals surface area contributed by atoms with Crippen LogP contribution in [-0.4, -0.2) is 23.4 Å². The average molecular weight is 235 g/mol. The average Bonchev–Trinajstić information content (AvgIpc) is 2.84. The lowest BCUT2D eigenvalue weighted by Gasteiger charge is -2.09. The van der Waals surface area contributed by atoms with E-state index in [1.54, 1.807) is 30.1 Å². The van der Waals surface area contributed by atoms with E-state index in [1.165, 1.54) is 6.07 Å². The summed E-state index contributed by atoms with van der Waals surface area (Å²) in [4.78, 5) is 0. The van der Waals surface area contributed by atoms with Crippen molar-refractivity contribution in [1.29, 1.82) is 0 Å². The highest BCUT2D eigenvalue weighted by Crippen LogP contribution is 2.20. The molecular weight excluding hydrogens is 221 g/mol. The van der Waals surface area contributed by atoms with Gasteiger partial charge in [0.05, 0.1) is 19.3 Å². The van der Waals surface area contributed by atoms with Crippen LogP contribution < -0.4 is 10.1 Å². The zero-order valence-electron chi connectivity index (χ0n) is 9.56. The molecule has 0 unspecified atom stereocenters. The molecule has 0 spiro atoms. The van der Waals surface area contributed by atoms with Crippen LogP contribution in [0.1, 0.15) is 0 Å². The van der Waals surface area contributed by atoms with Gasteiger partial charge in [-0.15, -0.1) is 0 Å². The minimum atomic E-state index is -0.286. The number of nitrogens with one attached hydrogen (secondary N) is 1. The number of hydrogen-bond donors (Lipinski definition) is 1. The standard InChI is InChI=1S/C12H14FN3O/c1-17-10-3-4-11(13)12(9-10)14-6-8-16-7-2-5-15-16/h2-5,7,9,14H,6,8H2,1H3. The van der Waals surface area contributed by atoms with Crippen LogP contribution in [0, 0.1) is 5.82 Å². The van der Waals surface area contributed by atoms with Crippen molar-refractivity contribution in [2.75, 3.05) is 19.0 Å². The molecule has 0 bridgehead atoms. The van der Waals surface area contributed by atoms with Crippen molar-refractivity contribution in [3.8, 4) is 5.75 Å². The number of nitrogens with zero attached hydrogens (tertiary/aromatic N) is 2. The van der Waals surface area contributed by atoms with Gasteiger partial charge in [-0.25, -0.2) is 4.39 Å². The molecular formula is C12H14FN3O. The van der Waals surface area contributed by atoms with Gasteiger partial charge < -0.3 is 10.1 Å². The van der Waals surface area contributed by atoms with Gasteiger partial charge in [-0.3, -0.25) is 4.68 Å². The summed E-state index contributed by atoms with van der Waals surface area (Å²) in [6.45, 7) is 1.29. The summed E-state index contributed by atoms with van der Waals surface area (Å²) in [6, 6.07) is 6.47. The Hall–Kier alpha value is -2.04. The Bertz CT molecular complexity index is 471. The molecule has 1 N–H and O–H groups in total. The van der Waals surface area contributed by atoms with E-state index in [9.17, 15) is 4.39 Å². The van der Waals surface area contributed by atoms with Crippen molar-refractivity contribution in [1.82, 2.24) is 9.78 Å². The molecule has 17 heavy (non-hydrogen) atoms. The molecule has 90 valence electrons. The van der Waals surface area contributed by atoms with Gasteiger partial charge >= 0.3 is 0 Å². The van der Waals surface area contributed by atoms with Gasteiger partial charge in [0.2, 0.25) is 0 Å². The first-order valence-corrected chi connectivity index (χ1v) is 5.34. The maximum absolute atomic E-state index is 13.4. The first-order valence-electron chi connectivity index (χ1n) is 5.34. The van der Waals surface area contributed by atoms with Crippen molar-refractivity contribution in [2.45, 2.75) is 6.54 Å². The minimum Gasteiger partial charge on any atom is -0.497 e. The van der Waals surface area contributed by atoms with Gasteiger partial charge in [0, 0.05) is 25.0 Å². The largest absolute Gasteiger partial charge is 0.497 e. The van der Waals surface area contributed by atoms with Crippen LogP contribution in [0.15, 0.2) is 36.7 Å². The Morgan fingerprint density at radius 3 is 3.06 bits per heavy atom. The Balaban J connectivity index is 1.94. The van der Waals surface area contributed by atoms with E-state index in [0.717, 1.165) is 0 Å². The Morgan fingerprint density at radius 2 is 2.35 bits per heavy atom. The molecule has 0 amide bonds. The summed E-state index contributed by atoms with van der Waals surface area (Å²) in [5.41, 5.74) is 0.441. The number of halogens is 1. The van der Waals surface area contributed by atoms with Crippen LogP contribution in [0.25, 0.3) is 0 Å². The van der Waals surface area contributed by atoms with Gasteiger partial charge in [0.1, 0.15) is 11.6 Å². The van der Waals surface area contributed by atoms with Crippen molar-refractivity contribution in [2.24, 2.45) is 0 Å². The fraction of sp³-hybridized carbons (Fsp3) is 0.250. The van der Waals surface area contributed by atoms with Gasteiger partial charge in [-0.05, 0) is 18.2 Å². The maximum Gasteiger partial charge on any atom is 0.146 e. The van der Waals surface area contributed by atoms with Gasteiger partial charge in [-0.1, -0.05) is 0 Å². The predicted molar refractivity (Wildman–Crippen MR) is 63.7 cm³/mol. The van der Waals surface area contributed by atoms with E-state index >= 15 is 0 Å². The van der Waals surface area contributed by atoms with Crippen molar-refractivity contribution in [3.63, 3.8) is 0 Å². The van der Waals surface area contributed by atoms with E-state index in [1.807, 2.05) is 12.3 Å². The lowest BCUT2D eigenvalue weighted by Crippen LogP contribution is -2.11. The Morgan fingerprint density at radius 1 is 1.47 bits per heavy atom. The molecule has 0 radical (unpaired) electrons. The second-order valence-corrected chi connectivity index (χ2v) is 3.54. The zero-order chi connectivity index (χ0) is 12.1. The van der Waals surface area contributed by atoms with Gasteiger partial charge in [0.25, 0.3) is 0 Å². The highest BCUT2D eigenvalue weighted by Gasteiger charge is 2.03. The highest BCUT2D eigenvalue weighted by atomic mass is 19.1. The second kappa shape index (κ2) is 5.34. The van der Waals surface area contributed by atoms with Gasteiger partial charge in [-0.2, -0.15) is 5.10 Å². The number of ether oxygens (including phenoxy) is 1. The molecule has 1 aromatic heterocycles. The van der Waals surface area contributed by atoms with Crippen LogP contribution in [0.3, 0.4) is 0 Å². The third kappa shape index (κ3) is 2.96. The molecule has 0 atom stereocenters. The topological polar surface area (TPSA) is 39.1 Å². The fourth-order valence-electron chi connectivity index (χ4n) is 1.50. The highest BCUT2D eigenvalue weighted by molar-refractivity contribution is 5.49. The molecule has 0 saturated heterocycles. The first kappa shape index (κ1) is 11.4. The summed E-state index contributed by atoms with van der Waals surface area (Å²) in [6.07, 6.45) is 3.58. The minimum absolute atomic E-state index is 0.286. The van der Waals surface area contributed by atoms with Crippen molar-refractivity contribution in [3.05, 3.63) is 42.5 Å². The van der Waals surface area contributed by atoms with Crippen LogP contribution >= 0.6 is 0 Å². The summed E-state index contributed by atoms with van der Waals surface area (Å²) in [7, 11) is 1.56. The summed E-state index contributed by atoms with van der Waals surface area (Å²) in [5.74, 6) is 0.347. The number of anilines is 1. The molecule has 5 heteroatoms. The zero-order valence-corrected chi connectivity index (χ0v) is 9.56. The maximum atomic E-state index is 13.4. The molecule has 0 aliphatic heterocycles. The molecule has 1 heterocycles. The number of hydrogen-bond acceptors (Lipinski definition) is 3. The monoisotopic (exact) mass is 235 g/mol. The Labute approximate surface area is 99.0 Å². The van der Waals surface area contributed by atoms with E-state index in [-0.39, 0.29) is 5.82 Å². The molecule has 0 aliphatic rings. The lowest BCUT2D eigenvalue weighted by atomic mass is 10.3. The third-order valence-corrected chi connectivity index (χ3v) is 2.39. The molecule has 2 aromatic rings. The van der Waals surface area contributed by atoms with Gasteiger partial charge in [0.15, 0.2) is 0 Å². The summed E-state index contributed by atoms with van der Waals surface area (Å²) >= 11 is 0. The normalized spacial score (nSPS) is 10.2. The van der Waals surface area contributed by atoms with Crippen LogP contribution in [0.4, 0.5) is 10.1 Å². The first-order chi connectivity index (χ1) is 8.29. The summed E-state index contributed by atoms with van der Waals surface area (Å²) < 4.78 is 20.3. The molecule has 0 saturated carbocycles. The van der Waals surface area contributed by atoms with Crippen molar-refractivity contribution >= 4 is 5.69 Å². The molecule has 0 aliphatic carbocycles. The smallest absolute Gasteiger partial charge is 0.146 e. The molecule has 4 nitrogen and oxygen atoms in total. The lowest BCUT2D eigenvalue weighted by molar-refractivity contribution is 0.414. The quantitative estimate of drug-likeness (QED) is 0.863. The molecule has 0 fully saturated rings. The number of methoxy groups -OCH3 is 1. The van der Waals surface area contributed by atoms with Crippen LogP contribution in [0.2, 0.25) is 0 Å². The fourth-order valence-corrected chi connectivity index (χ4v) is 1.50. The van der Waals surface area contributed by atoms with E-state index in [4.69, 9.17) is 4.74 Å². The summed E-state index contributed by atoms with van der Waals surface area (Å²) in [5, 5.41) is 7.07. The van der Waals surface area contributed by atoms with Crippen LogP contribution in [0.5, 0.6) is 5.75 Å². The Kier molecular flexibility index (Phi) is 3.59. The van der Waals surface area contributed by atoms with Crippen LogP contribution in [-0.2, 0) is 6.54 Å². The SMILES string of the molecule is COc1ccc(F)c(NCCn2cccn2)c1. The molecule has 1 aromatic carbocycles. The van der Waals surface area contributed by atoms with E-state index in [0.29, 0.717) is 24.5 Å². The van der Waals surface area contributed by atoms with Crippen molar-refractivity contribution < 1.29 is 9.13 Å². The number of benzene rings is 1. The molecule has 2 rings (SSSR count). The second-order valence-electron chi connectivity index (χ2n) is 3.54. The van der Waals surface area contributed by atoms with E-state index < -0.39 is 0 Å². The predicted octanol–water partition coefficient (Wildman–Crippen LogP) is 2.14. The number of rotatable bonds is 5.